The fraction of sp³-hybridized carbons (Fsp3) is 0.500. The Kier molecular flexibility index (Phi) is 3.00. The molecule has 0 radical (unpaired) electrons. The number of piperidine rings is 1. The van der Waals surface area contributed by atoms with Crippen molar-refractivity contribution >= 4 is 11.7 Å². The third kappa shape index (κ3) is 1.97. The van der Waals surface area contributed by atoms with Gasteiger partial charge in [0, 0.05) is 12.7 Å². The normalized spacial score (nSPS) is 24.7. The van der Waals surface area contributed by atoms with Crippen LogP contribution >= 0.6 is 0 Å². The van der Waals surface area contributed by atoms with Crippen LogP contribution in [0.1, 0.15) is 26.2 Å². The van der Waals surface area contributed by atoms with Crippen LogP contribution in [0.2, 0.25) is 0 Å². The fourth-order valence-electron chi connectivity index (χ4n) is 2.30. The molecule has 17 heavy (non-hydrogen) atoms. The number of pyridine rings is 1. The lowest BCUT2D eigenvalue weighted by atomic mass is 9.88. The van der Waals surface area contributed by atoms with Crippen LogP contribution in [0.25, 0.3) is 0 Å². The van der Waals surface area contributed by atoms with Gasteiger partial charge in [-0.15, -0.1) is 0 Å². The molecule has 0 bridgehead atoms. The zero-order valence-electron chi connectivity index (χ0n) is 9.69. The Hall–Kier alpha value is -1.65. The molecule has 1 unspecified atom stereocenters. The Morgan fingerprint density at radius 1 is 1.59 bits per heavy atom. The van der Waals surface area contributed by atoms with Gasteiger partial charge in [-0.3, -0.25) is 4.98 Å². The van der Waals surface area contributed by atoms with E-state index in [1.165, 1.54) is 18.5 Å². The van der Waals surface area contributed by atoms with Gasteiger partial charge in [0.2, 0.25) is 0 Å². The lowest BCUT2D eigenvalue weighted by molar-refractivity contribution is -0.143. The van der Waals surface area contributed by atoms with Crippen molar-refractivity contribution in [3.8, 4) is 0 Å². The van der Waals surface area contributed by atoms with Crippen molar-refractivity contribution in [2.75, 3.05) is 11.4 Å². The molecule has 1 aliphatic heterocycles. The summed E-state index contributed by atoms with van der Waals surface area (Å²) < 4.78 is 13.7. The molecule has 0 aromatic carbocycles. The largest absolute Gasteiger partial charge is 0.480 e. The Morgan fingerprint density at radius 2 is 2.35 bits per heavy atom. The van der Waals surface area contributed by atoms with E-state index in [2.05, 4.69) is 4.98 Å². The molecule has 1 aliphatic rings. The molecule has 2 rings (SSSR count). The van der Waals surface area contributed by atoms with Gasteiger partial charge >= 0.3 is 5.97 Å². The average molecular weight is 238 g/mol. The molecule has 1 saturated heterocycles. The second-order valence-electron chi connectivity index (χ2n) is 4.51. The zero-order chi connectivity index (χ0) is 12.5. The highest BCUT2D eigenvalue weighted by Gasteiger charge is 2.42. The first-order valence-electron chi connectivity index (χ1n) is 5.66. The minimum Gasteiger partial charge on any atom is -0.480 e. The Morgan fingerprint density at radius 3 is 3.00 bits per heavy atom. The summed E-state index contributed by atoms with van der Waals surface area (Å²) >= 11 is 0. The summed E-state index contributed by atoms with van der Waals surface area (Å²) in [4.78, 5) is 16.9. The topological polar surface area (TPSA) is 53.4 Å². The number of nitrogens with zero attached hydrogens (tertiary/aromatic N) is 2. The number of carbonyl (C=O) groups is 1. The smallest absolute Gasteiger partial charge is 0.329 e. The maximum absolute atomic E-state index is 13.7. The van der Waals surface area contributed by atoms with E-state index in [1.54, 1.807) is 11.8 Å². The number of rotatable bonds is 2. The number of hydrogen-bond donors (Lipinski definition) is 1. The third-order valence-electron chi connectivity index (χ3n) is 3.39. The van der Waals surface area contributed by atoms with E-state index in [1.807, 2.05) is 0 Å². The molecule has 1 aromatic rings. The summed E-state index contributed by atoms with van der Waals surface area (Å²) in [6, 6.07) is 1.26. The quantitative estimate of drug-likeness (QED) is 0.856. The summed E-state index contributed by atoms with van der Waals surface area (Å²) in [5.41, 5.74) is -0.764. The van der Waals surface area contributed by atoms with Gasteiger partial charge in [-0.25, -0.2) is 9.18 Å². The summed E-state index contributed by atoms with van der Waals surface area (Å²) in [7, 11) is 0. The molecule has 1 fully saturated rings. The molecule has 2 heterocycles. The van der Waals surface area contributed by atoms with Crippen molar-refractivity contribution in [1.29, 1.82) is 0 Å². The van der Waals surface area contributed by atoms with Crippen LogP contribution in [0.3, 0.4) is 0 Å². The zero-order valence-corrected chi connectivity index (χ0v) is 9.69. The van der Waals surface area contributed by atoms with Crippen molar-refractivity contribution in [1.82, 2.24) is 4.98 Å². The van der Waals surface area contributed by atoms with Gasteiger partial charge in [-0.05, 0) is 32.3 Å². The molecule has 1 atom stereocenters. The number of anilines is 1. The van der Waals surface area contributed by atoms with Crippen LogP contribution in [-0.2, 0) is 4.79 Å². The molecule has 0 amide bonds. The summed E-state index contributed by atoms with van der Waals surface area (Å²) in [5, 5.41) is 9.34. The van der Waals surface area contributed by atoms with Crippen molar-refractivity contribution in [2.45, 2.75) is 31.7 Å². The van der Waals surface area contributed by atoms with Crippen molar-refractivity contribution in [3.63, 3.8) is 0 Å². The second-order valence-corrected chi connectivity index (χ2v) is 4.51. The van der Waals surface area contributed by atoms with E-state index in [0.717, 1.165) is 12.8 Å². The van der Waals surface area contributed by atoms with E-state index in [9.17, 15) is 14.3 Å². The second kappa shape index (κ2) is 4.31. The first kappa shape index (κ1) is 11.8. The van der Waals surface area contributed by atoms with Crippen molar-refractivity contribution in [3.05, 3.63) is 24.3 Å². The first-order valence-corrected chi connectivity index (χ1v) is 5.66. The number of carboxylic acids is 1. The van der Waals surface area contributed by atoms with Crippen LogP contribution in [0.15, 0.2) is 18.5 Å². The highest BCUT2D eigenvalue weighted by Crippen LogP contribution is 2.33. The van der Waals surface area contributed by atoms with Crippen LogP contribution in [-0.4, -0.2) is 28.1 Å². The lowest BCUT2D eigenvalue weighted by Crippen LogP contribution is -2.55. The van der Waals surface area contributed by atoms with E-state index in [0.29, 0.717) is 13.0 Å². The van der Waals surface area contributed by atoms with Crippen molar-refractivity contribution in [2.24, 2.45) is 0 Å². The number of aliphatic carboxylic acids is 1. The fourth-order valence-corrected chi connectivity index (χ4v) is 2.30. The van der Waals surface area contributed by atoms with Gasteiger partial charge in [0.05, 0.1) is 11.9 Å². The molecular weight excluding hydrogens is 223 g/mol. The summed E-state index contributed by atoms with van der Waals surface area (Å²) in [5.74, 6) is -1.34. The molecule has 0 aliphatic carbocycles. The van der Waals surface area contributed by atoms with Crippen molar-refractivity contribution < 1.29 is 14.3 Å². The van der Waals surface area contributed by atoms with E-state index in [-0.39, 0.29) is 5.69 Å². The molecule has 4 nitrogen and oxygen atoms in total. The van der Waals surface area contributed by atoms with Crippen LogP contribution in [0.4, 0.5) is 10.1 Å². The molecule has 1 aromatic heterocycles. The third-order valence-corrected chi connectivity index (χ3v) is 3.39. The van der Waals surface area contributed by atoms with E-state index in [4.69, 9.17) is 0 Å². The number of carboxylic acid groups (broad SMARTS) is 1. The molecule has 1 N–H and O–H groups in total. The van der Waals surface area contributed by atoms with E-state index < -0.39 is 17.3 Å². The molecule has 0 spiro atoms. The first-order chi connectivity index (χ1) is 8.05. The SMILES string of the molecule is CC1(C(=O)O)CCCCN1c1cnccc1F. The molecule has 5 heteroatoms. The predicted octanol–water partition coefficient (Wildman–Crippen LogP) is 2.05. The maximum Gasteiger partial charge on any atom is 0.329 e. The van der Waals surface area contributed by atoms with Crippen LogP contribution < -0.4 is 4.90 Å². The minimum atomic E-state index is -1.04. The van der Waals surface area contributed by atoms with Gasteiger partial charge in [0.1, 0.15) is 11.4 Å². The Balaban J connectivity index is 2.42. The van der Waals surface area contributed by atoms with E-state index >= 15 is 0 Å². The predicted molar refractivity (Wildman–Crippen MR) is 61.4 cm³/mol. The van der Waals surface area contributed by atoms with Gasteiger partial charge in [-0.2, -0.15) is 0 Å². The maximum atomic E-state index is 13.7. The number of aromatic nitrogens is 1. The highest BCUT2D eigenvalue weighted by molar-refractivity contribution is 5.83. The standard InChI is InChI=1S/C12H15FN2O2/c1-12(11(16)17)5-2-3-7-15(12)10-8-14-6-4-9(10)13/h4,6,8H,2-3,5,7H2,1H3,(H,16,17). The Bertz CT molecular complexity index is 438. The number of hydrogen-bond acceptors (Lipinski definition) is 3. The summed E-state index contributed by atoms with van der Waals surface area (Å²) in [6.45, 7) is 2.19. The average Bonchev–Trinajstić information content (AvgIpc) is 2.31. The summed E-state index contributed by atoms with van der Waals surface area (Å²) in [6.07, 6.45) is 5.00. The lowest BCUT2D eigenvalue weighted by Gasteiger charge is -2.43. The van der Waals surface area contributed by atoms with Gasteiger partial charge < -0.3 is 10.0 Å². The minimum absolute atomic E-state index is 0.275. The molecular formula is C12H15FN2O2. The molecule has 92 valence electrons. The Labute approximate surface area is 99.1 Å². The van der Waals surface area contributed by atoms with Crippen LogP contribution in [0, 0.1) is 5.82 Å². The monoisotopic (exact) mass is 238 g/mol. The molecule has 0 saturated carbocycles. The van der Waals surface area contributed by atoms with Gasteiger partial charge in [0.25, 0.3) is 0 Å². The van der Waals surface area contributed by atoms with Gasteiger partial charge in [0.15, 0.2) is 0 Å². The van der Waals surface area contributed by atoms with Crippen LogP contribution in [0.5, 0.6) is 0 Å². The number of halogens is 1. The highest BCUT2D eigenvalue weighted by atomic mass is 19.1. The van der Waals surface area contributed by atoms with Gasteiger partial charge in [-0.1, -0.05) is 0 Å².